The lowest BCUT2D eigenvalue weighted by molar-refractivity contribution is 0.691. The Morgan fingerprint density at radius 2 is 0.816 bits per heavy atom. The van der Waals surface area contributed by atoms with Gasteiger partial charge in [0, 0.05) is 24.8 Å². The summed E-state index contributed by atoms with van der Waals surface area (Å²) in [5.41, 5.74) is 6.01. The molecule has 0 N–H and O–H groups in total. The van der Waals surface area contributed by atoms with Crippen molar-refractivity contribution in [2.45, 2.75) is 13.1 Å². The summed E-state index contributed by atoms with van der Waals surface area (Å²) in [6, 6.07) is 33.1. The molecule has 0 bridgehead atoms. The first kappa shape index (κ1) is 22.1. The number of rotatable bonds is 6. The second-order valence-corrected chi connectivity index (χ2v) is 9.28. The maximum atomic E-state index is 4.85. The van der Waals surface area contributed by atoms with Crippen molar-refractivity contribution in [3.63, 3.8) is 0 Å². The minimum Gasteiger partial charge on any atom is -0.268 e. The Balaban J connectivity index is 1.32. The predicted molar refractivity (Wildman–Crippen MR) is 151 cm³/mol. The summed E-state index contributed by atoms with van der Waals surface area (Å²) in [6.07, 6.45) is 7.66. The molecule has 7 aromatic rings. The van der Waals surface area contributed by atoms with Gasteiger partial charge in [0.2, 0.25) is 0 Å². The highest BCUT2D eigenvalue weighted by Gasteiger charge is 2.16. The molecule has 4 aromatic heterocycles. The number of aromatic nitrogens is 6. The molecule has 0 saturated heterocycles. The lowest BCUT2D eigenvalue weighted by Crippen LogP contribution is -2.06. The largest absolute Gasteiger partial charge is 0.268 e. The second kappa shape index (κ2) is 9.41. The van der Waals surface area contributed by atoms with Crippen LogP contribution in [0.1, 0.15) is 11.1 Å². The van der Waals surface area contributed by atoms with Gasteiger partial charge in [0.1, 0.15) is 11.4 Å². The minimum absolute atomic E-state index is 0.666. The second-order valence-electron chi connectivity index (χ2n) is 9.28. The zero-order valence-electron chi connectivity index (χ0n) is 20.6. The molecule has 0 spiro atoms. The molecule has 0 aliphatic carbocycles. The van der Waals surface area contributed by atoms with Crippen LogP contribution in [-0.4, -0.2) is 29.5 Å². The molecule has 0 amide bonds. The number of hydrogen-bond acceptors (Lipinski definition) is 4. The van der Waals surface area contributed by atoms with Gasteiger partial charge in [0.15, 0.2) is 0 Å². The van der Waals surface area contributed by atoms with Gasteiger partial charge in [0.05, 0.1) is 24.5 Å². The maximum Gasteiger partial charge on any atom is 0.111 e. The minimum atomic E-state index is 0.666. The normalized spacial score (nSPS) is 11.4. The monoisotopic (exact) mass is 492 g/mol. The summed E-state index contributed by atoms with van der Waals surface area (Å²) in [5, 5.41) is 14.6. The van der Waals surface area contributed by atoms with Gasteiger partial charge in [-0.3, -0.25) is 19.3 Å². The van der Waals surface area contributed by atoms with Crippen LogP contribution in [0.4, 0.5) is 0 Å². The molecule has 182 valence electrons. The van der Waals surface area contributed by atoms with Gasteiger partial charge in [-0.15, -0.1) is 0 Å². The lowest BCUT2D eigenvalue weighted by Gasteiger charge is -2.17. The fraction of sp³-hybridized carbons (Fsp3) is 0.0625. The highest BCUT2D eigenvalue weighted by atomic mass is 15.3. The van der Waals surface area contributed by atoms with Crippen LogP contribution in [0, 0.1) is 0 Å². The Hall–Kier alpha value is -5.10. The molecule has 0 radical (unpaired) electrons. The van der Waals surface area contributed by atoms with Crippen LogP contribution >= 0.6 is 0 Å². The van der Waals surface area contributed by atoms with Gasteiger partial charge in [-0.1, -0.05) is 60.7 Å². The van der Waals surface area contributed by atoms with Gasteiger partial charge >= 0.3 is 0 Å². The van der Waals surface area contributed by atoms with Crippen molar-refractivity contribution in [2.24, 2.45) is 0 Å². The standard InChI is InChI=1S/C32H24N6/c1-2-10-24-23(9-1)27(21-37-19-15-31(35-37)29-13-5-7-17-33-29)25-11-3-4-12-26(25)28(24)22-38-20-16-32(36-38)30-14-6-8-18-34-30/h1-20H,21-22H2. The summed E-state index contributed by atoms with van der Waals surface area (Å²) in [6.45, 7) is 1.33. The van der Waals surface area contributed by atoms with Gasteiger partial charge in [-0.2, -0.15) is 10.2 Å². The highest BCUT2D eigenvalue weighted by molar-refractivity contribution is 6.05. The van der Waals surface area contributed by atoms with Crippen molar-refractivity contribution in [1.29, 1.82) is 0 Å². The molecule has 4 heterocycles. The zero-order valence-corrected chi connectivity index (χ0v) is 20.6. The van der Waals surface area contributed by atoms with E-state index in [1.165, 1.54) is 32.7 Å². The topological polar surface area (TPSA) is 61.4 Å². The number of hydrogen-bond donors (Lipinski definition) is 0. The molecule has 38 heavy (non-hydrogen) atoms. The molecule has 6 nitrogen and oxygen atoms in total. The third kappa shape index (κ3) is 4.02. The quantitative estimate of drug-likeness (QED) is 0.245. The predicted octanol–water partition coefficient (Wildman–Crippen LogP) is 6.61. The molecule has 3 aromatic carbocycles. The average Bonchev–Trinajstić information content (AvgIpc) is 3.66. The Morgan fingerprint density at radius 1 is 0.421 bits per heavy atom. The fourth-order valence-corrected chi connectivity index (χ4v) is 5.17. The summed E-state index contributed by atoms with van der Waals surface area (Å²) < 4.78 is 4.01. The Bertz CT molecular complexity index is 1670. The third-order valence-electron chi connectivity index (χ3n) is 6.93. The van der Waals surface area contributed by atoms with E-state index in [1.54, 1.807) is 12.4 Å². The maximum absolute atomic E-state index is 4.85. The molecule has 0 fully saturated rings. The average molecular weight is 493 g/mol. The van der Waals surface area contributed by atoms with Gasteiger partial charge in [-0.05, 0) is 69.1 Å². The fourth-order valence-electron chi connectivity index (χ4n) is 5.17. The molecule has 0 aliphatic rings. The van der Waals surface area contributed by atoms with Crippen molar-refractivity contribution in [2.75, 3.05) is 0 Å². The van der Waals surface area contributed by atoms with E-state index < -0.39 is 0 Å². The van der Waals surface area contributed by atoms with Crippen LogP contribution in [0.3, 0.4) is 0 Å². The van der Waals surface area contributed by atoms with Gasteiger partial charge in [0.25, 0.3) is 0 Å². The first-order chi connectivity index (χ1) is 18.8. The lowest BCUT2D eigenvalue weighted by atomic mass is 9.91. The van der Waals surface area contributed by atoms with Crippen LogP contribution in [0.25, 0.3) is 44.3 Å². The van der Waals surface area contributed by atoms with Gasteiger partial charge < -0.3 is 0 Å². The third-order valence-corrected chi connectivity index (χ3v) is 6.93. The summed E-state index contributed by atoms with van der Waals surface area (Å²) in [7, 11) is 0. The van der Waals surface area contributed by atoms with E-state index in [4.69, 9.17) is 10.2 Å². The molecule has 6 heteroatoms. The van der Waals surface area contributed by atoms with E-state index >= 15 is 0 Å². The molecule has 0 unspecified atom stereocenters. The smallest absolute Gasteiger partial charge is 0.111 e. The molecular weight excluding hydrogens is 468 g/mol. The SMILES string of the molecule is c1ccc(-c2ccn(Cc3c4ccccc4c(Cn4ccc(-c5ccccn5)n4)c4ccccc34)n2)nc1. The van der Waals surface area contributed by atoms with E-state index in [2.05, 4.69) is 58.5 Å². The van der Waals surface area contributed by atoms with Crippen LogP contribution in [-0.2, 0) is 13.1 Å². The first-order valence-electron chi connectivity index (χ1n) is 12.6. The Labute approximate surface area is 219 Å². The number of fused-ring (bicyclic) bond motifs is 2. The van der Waals surface area contributed by atoms with Crippen LogP contribution in [0.15, 0.2) is 122 Å². The number of nitrogens with zero attached hydrogens (tertiary/aromatic N) is 6. The number of benzene rings is 3. The van der Waals surface area contributed by atoms with Crippen molar-refractivity contribution in [1.82, 2.24) is 29.5 Å². The highest BCUT2D eigenvalue weighted by Crippen LogP contribution is 2.34. The van der Waals surface area contributed by atoms with Gasteiger partial charge in [-0.25, -0.2) is 0 Å². The van der Waals surface area contributed by atoms with E-state index in [-0.39, 0.29) is 0 Å². The Kier molecular flexibility index (Phi) is 5.48. The van der Waals surface area contributed by atoms with Crippen LogP contribution < -0.4 is 0 Å². The molecule has 0 saturated carbocycles. The first-order valence-corrected chi connectivity index (χ1v) is 12.6. The molecule has 7 rings (SSSR count). The van der Waals surface area contributed by atoms with Crippen LogP contribution in [0.5, 0.6) is 0 Å². The van der Waals surface area contributed by atoms with E-state index in [0.29, 0.717) is 13.1 Å². The molecular formula is C32H24N6. The van der Waals surface area contributed by atoms with E-state index in [1.807, 2.05) is 70.3 Å². The van der Waals surface area contributed by atoms with Crippen molar-refractivity contribution >= 4 is 21.5 Å². The van der Waals surface area contributed by atoms with Crippen molar-refractivity contribution < 1.29 is 0 Å². The zero-order chi connectivity index (χ0) is 25.3. The summed E-state index contributed by atoms with van der Waals surface area (Å²) in [5.74, 6) is 0. The summed E-state index contributed by atoms with van der Waals surface area (Å²) in [4.78, 5) is 8.91. The van der Waals surface area contributed by atoms with E-state index in [0.717, 1.165) is 22.8 Å². The van der Waals surface area contributed by atoms with Crippen molar-refractivity contribution in [3.05, 3.63) is 133 Å². The number of pyridine rings is 2. The van der Waals surface area contributed by atoms with Crippen molar-refractivity contribution in [3.8, 4) is 22.8 Å². The molecule has 0 aliphatic heterocycles. The Morgan fingerprint density at radius 3 is 1.18 bits per heavy atom. The van der Waals surface area contributed by atoms with E-state index in [9.17, 15) is 0 Å². The van der Waals surface area contributed by atoms with Crippen LogP contribution in [0.2, 0.25) is 0 Å². The molecule has 0 atom stereocenters. The summed E-state index contributed by atoms with van der Waals surface area (Å²) >= 11 is 0.